The van der Waals surface area contributed by atoms with E-state index in [0.717, 1.165) is 25.2 Å². The third-order valence-electron chi connectivity index (χ3n) is 3.38. The van der Waals surface area contributed by atoms with E-state index in [2.05, 4.69) is 4.90 Å². The van der Waals surface area contributed by atoms with Gasteiger partial charge in [-0.05, 0) is 37.6 Å². The Balaban J connectivity index is 0.00000180. The first-order valence-electron chi connectivity index (χ1n) is 6.83. The minimum atomic E-state index is 0. The highest BCUT2D eigenvalue weighted by atomic mass is 35.5. The lowest BCUT2D eigenvalue weighted by Gasteiger charge is -2.25. The molecule has 0 aromatic heterocycles. The number of carbonyl (C=O) groups excluding carboxylic acids is 1. The number of piperidine rings is 1. The highest BCUT2D eigenvalue weighted by molar-refractivity contribution is 5.93. The largest absolute Gasteiger partial charge is 0.303 e. The molecule has 2 nitrogen and oxygen atoms in total. The van der Waals surface area contributed by atoms with Gasteiger partial charge in [-0.15, -0.1) is 12.4 Å². The topological polar surface area (TPSA) is 20.3 Å². The first kappa shape index (κ1) is 15.9. The fourth-order valence-corrected chi connectivity index (χ4v) is 2.29. The predicted octanol–water partition coefficient (Wildman–Crippen LogP) is 3.57. The smallest absolute Gasteiger partial charge is 0.156 e. The number of hydrogen-bond acceptors (Lipinski definition) is 2. The van der Waals surface area contributed by atoms with Gasteiger partial charge in [-0.2, -0.15) is 0 Å². The molecule has 0 atom stereocenters. The van der Waals surface area contributed by atoms with Gasteiger partial charge in [-0.3, -0.25) is 4.79 Å². The maximum Gasteiger partial charge on any atom is 0.156 e. The molecule has 0 radical (unpaired) electrons. The molecule has 104 valence electrons. The van der Waals surface area contributed by atoms with Gasteiger partial charge in [-0.25, -0.2) is 0 Å². The Morgan fingerprint density at radius 1 is 1.11 bits per heavy atom. The normalized spacial score (nSPS) is 16.2. The summed E-state index contributed by atoms with van der Waals surface area (Å²) in [4.78, 5) is 14.1. The lowest BCUT2D eigenvalue weighted by atomic mass is 10.1. The molecule has 1 heterocycles. The van der Waals surface area contributed by atoms with Crippen molar-refractivity contribution in [2.75, 3.05) is 19.6 Å². The molecule has 3 heteroatoms. The van der Waals surface area contributed by atoms with E-state index in [1.54, 1.807) is 6.08 Å². The second-order valence-corrected chi connectivity index (χ2v) is 4.86. The maximum atomic E-state index is 11.7. The molecule has 1 saturated heterocycles. The second kappa shape index (κ2) is 8.89. The molecular formula is C16H22ClNO. The fourth-order valence-electron chi connectivity index (χ4n) is 2.29. The lowest BCUT2D eigenvalue weighted by Crippen LogP contribution is -2.31. The van der Waals surface area contributed by atoms with Crippen LogP contribution in [0.25, 0.3) is 6.08 Å². The van der Waals surface area contributed by atoms with Crippen LogP contribution >= 0.6 is 12.4 Å². The fraction of sp³-hybridized carbons (Fsp3) is 0.438. The van der Waals surface area contributed by atoms with Crippen molar-refractivity contribution >= 4 is 24.3 Å². The van der Waals surface area contributed by atoms with E-state index in [4.69, 9.17) is 0 Å². The molecule has 0 N–H and O–H groups in total. The van der Waals surface area contributed by atoms with Crippen LogP contribution in [0, 0.1) is 0 Å². The number of ketones is 1. The number of carbonyl (C=O) groups is 1. The van der Waals surface area contributed by atoms with Gasteiger partial charge < -0.3 is 4.90 Å². The minimum absolute atomic E-state index is 0. The highest BCUT2D eigenvalue weighted by Crippen LogP contribution is 2.09. The highest BCUT2D eigenvalue weighted by Gasteiger charge is 2.10. The SMILES string of the molecule is Cl.O=C(C=Cc1ccccc1)CCN1CCCCC1. The Hall–Kier alpha value is -1.12. The van der Waals surface area contributed by atoms with Crippen LogP contribution < -0.4 is 0 Å². The number of rotatable bonds is 5. The first-order chi connectivity index (χ1) is 8.84. The van der Waals surface area contributed by atoms with Crippen molar-refractivity contribution in [1.29, 1.82) is 0 Å². The number of halogens is 1. The zero-order valence-electron chi connectivity index (χ0n) is 11.3. The van der Waals surface area contributed by atoms with Crippen molar-refractivity contribution in [3.05, 3.63) is 42.0 Å². The van der Waals surface area contributed by atoms with Gasteiger partial charge in [0, 0.05) is 13.0 Å². The summed E-state index contributed by atoms with van der Waals surface area (Å²) in [5, 5.41) is 0. The monoisotopic (exact) mass is 279 g/mol. The maximum absolute atomic E-state index is 11.7. The van der Waals surface area contributed by atoms with Gasteiger partial charge >= 0.3 is 0 Å². The first-order valence-corrected chi connectivity index (χ1v) is 6.83. The average molecular weight is 280 g/mol. The van der Waals surface area contributed by atoms with Crippen LogP contribution in [-0.2, 0) is 4.79 Å². The zero-order chi connectivity index (χ0) is 12.6. The second-order valence-electron chi connectivity index (χ2n) is 4.86. The summed E-state index contributed by atoms with van der Waals surface area (Å²) in [5.41, 5.74) is 1.09. The molecule has 1 fully saturated rings. The standard InChI is InChI=1S/C16H21NO.ClH/c18-16(10-9-15-7-3-1-4-8-15)11-14-17-12-5-2-6-13-17;/h1,3-4,7-10H,2,5-6,11-14H2;1H. The van der Waals surface area contributed by atoms with Crippen molar-refractivity contribution in [3.63, 3.8) is 0 Å². The zero-order valence-corrected chi connectivity index (χ0v) is 12.1. The van der Waals surface area contributed by atoms with Crippen LogP contribution in [0.2, 0.25) is 0 Å². The molecular weight excluding hydrogens is 258 g/mol. The van der Waals surface area contributed by atoms with Gasteiger partial charge in [0.1, 0.15) is 0 Å². The number of allylic oxidation sites excluding steroid dienone is 1. The molecule has 0 spiro atoms. The molecule has 0 amide bonds. The average Bonchev–Trinajstić information content (AvgIpc) is 2.45. The third kappa shape index (κ3) is 6.04. The molecule has 1 aromatic rings. The van der Waals surface area contributed by atoms with E-state index in [-0.39, 0.29) is 18.2 Å². The van der Waals surface area contributed by atoms with Crippen LogP contribution in [0.1, 0.15) is 31.2 Å². The molecule has 2 rings (SSSR count). The van der Waals surface area contributed by atoms with E-state index < -0.39 is 0 Å². The number of hydrogen-bond donors (Lipinski definition) is 0. The summed E-state index contributed by atoms with van der Waals surface area (Å²) in [7, 11) is 0. The number of benzene rings is 1. The summed E-state index contributed by atoms with van der Waals surface area (Å²) < 4.78 is 0. The lowest BCUT2D eigenvalue weighted by molar-refractivity contribution is -0.114. The summed E-state index contributed by atoms with van der Waals surface area (Å²) >= 11 is 0. The summed E-state index contributed by atoms with van der Waals surface area (Å²) in [6.07, 6.45) is 8.17. The van der Waals surface area contributed by atoms with Gasteiger partial charge in [0.2, 0.25) is 0 Å². The summed E-state index contributed by atoms with van der Waals surface area (Å²) in [6, 6.07) is 9.97. The summed E-state index contributed by atoms with van der Waals surface area (Å²) in [6.45, 7) is 3.24. The van der Waals surface area contributed by atoms with Crippen molar-refractivity contribution in [1.82, 2.24) is 4.90 Å². The van der Waals surface area contributed by atoms with Gasteiger partial charge in [0.25, 0.3) is 0 Å². The Kier molecular flexibility index (Phi) is 7.46. The molecule has 1 aliphatic rings. The van der Waals surface area contributed by atoms with Crippen LogP contribution in [0.4, 0.5) is 0 Å². The summed E-state index contributed by atoms with van der Waals surface area (Å²) in [5.74, 6) is 0.226. The van der Waals surface area contributed by atoms with Crippen LogP contribution in [-0.4, -0.2) is 30.3 Å². The van der Waals surface area contributed by atoms with Gasteiger partial charge in [0.05, 0.1) is 0 Å². The van der Waals surface area contributed by atoms with Crippen molar-refractivity contribution in [3.8, 4) is 0 Å². The van der Waals surface area contributed by atoms with Gasteiger partial charge in [-0.1, -0.05) is 42.8 Å². The van der Waals surface area contributed by atoms with Crippen LogP contribution in [0.3, 0.4) is 0 Å². The van der Waals surface area contributed by atoms with E-state index in [0.29, 0.717) is 6.42 Å². The number of likely N-dealkylation sites (tertiary alicyclic amines) is 1. The van der Waals surface area contributed by atoms with Crippen molar-refractivity contribution in [2.45, 2.75) is 25.7 Å². The molecule has 19 heavy (non-hydrogen) atoms. The van der Waals surface area contributed by atoms with Crippen LogP contribution in [0.15, 0.2) is 36.4 Å². The number of nitrogens with zero attached hydrogens (tertiary/aromatic N) is 1. The minimum Gasteiger partial charge on any atom is -0.303 e. The van der Waals surface area contributed by atoms with Crippen LogP contribution in [0.5, 0.6) is 0 Å². The quantitative estimate of drug-likeness (QED) is 0.768. The Morgan fingerprint density at radius 2 is 1.79 bits per heavy atom. The molecule has 0 unspecified atom stereocenters. The molecule has 0 bridgehead atoms. The Morgan fingerprint density at radius 3 is 2.47 bits per heavy atom. The molecule has 1 aromatic carbocycles. The molecule has 1 aliphatic heterocycles. The third-order valence-corrected chi connectivity index (χ3v) is 3.38. The van der Waals surface area contributed by atoms with E-state index >= 15 is 0 Å². The van der Waals surface area contributed by atoms with Crippen molar-refractivity contribution in [2.24, 2.45) is 0 Å². The van der Waals surface area contributed by atoms with E-state index in [1.165, 1.54) is 19.3 Å². The Bertz CT molecular complexity index is 396. The molecule has 0 aliphatic carbocycles. The van der Waals surface area contributed by atoms with E-state index in [1.807, 2.05) is 36.4 Å². The van der Waals surface area contributed by atoms with Crippen molar-refractivity contribution < 1.29 is 4.79 Å². The van der Waals surface area contributed by atoms with E-state index in [9.17, 15) is 4.79 Å². The Labute approximate surface area is 121 Å². The predicted molar refractivity (Wildman–Crippen MR) is 82.6 cm³/mol. The van der Waals surface area contributed by atoms with Gasteiger partial charge in [0.15, 0.2) is 5.78 Å². The molecule has 0 saturated carbocycles.